The normalized spacial score (nSPS) is 10.2. The minimum Gasteiger partial charge on any atom is -0.457 e. The van der Waals surface area contributed by atoms with E-state index in [2.05, 4.69) is 29.4 Å². The number of para-hydroxylation sites is 1. The molecule has 3 nitrogen and oxygen atoms in total. The number of benzene rings is 2. The summed E-state index contributed by atoms with van der Waals surface area (Å²) in [5.41, 5.74) is 1.19. The summed E-state index contributed by atoms with van der Waals surface area (Å²) in [5, 5.41) is 3.15. The molecule has 2 aromatic carbocycles. The van der Waals surface area contributed by atoms with E-state index in [1.54, 1.807) is 0 Å². The minimum absolute atomic E-state index is 0.858. The van der Waals surface area contributed by atoms with Gasteiger partial charge in [-0.1, -0.05) is 18.2 Å². The number of likely N-dealkylation sites (N-methyl/N-ethyl adjacent to an activating group) is 2. The Bertz CT molecular complexity index is 482. The van der Waals surface area contributed by atoms with E-state index in [0.717, 1.165) is 24.6 Å². The summed E-state index contributed by atoms with van der Waals surface area (Å²) in [7, 11) is 4.05. The highest BCUT2D eigenvalue weighted by Crippen LogP contribution is 2.23. The number of hydrogen-bond donors (Lipinski definition) is 1. The Morgan fingerprint density at radius 1 is 0.947 bits per heavy atom. The predicted octanol–water partition coefficient (Wildman–Crippen LogP) is 3.13. The Morgan fingerprint density at radius 3 is 2.21 bits per heavy atom. The maximum atomic E-state index is 5.76. The molecule has 2 rings (SSSR count). The molecule has 1 N–H and O–H groups in total. The van der Waals surface area contributed by atoms with Gasteiger partial charge >= 0.3 is 0 Å². The maximum Gasteiger partial charge on any atom is 0.127 e. The molecule has 100 valence electrons. The quantitative estimate of drug-likeness (QED) is 0.859. The molecular weight excluding hydrogens is 236 g/mol. The molecule has 2 aromatic rings. The summed E-state index contributed by atoms with van der Waals surface area (Å²) in [4.78, 5) is 2.21. The van der Waals surface area contributed by atoms with E-state index in [4.69, 9.17) is 4.74 Å². The summed E-state index contributed by atoms with van der Waals surface area (Å²) in [6.45, 7) is 1.95. The zero-order valence-electron chi connectivity index (χ0n) is 11.5. The number of nitrogens with one attached hydrogen (secondary N) is 1. The number of ether oxygens (including phenoxy) is 1. The van der Waals surface area contributed by atoms with E-state index in [1.165, 1.54) is 5.69 Å². The van der Waals surface area contributed by atoms with Crippen LogP contribution >= 0.6 is 0 Å². The molecule has 0 aliphatic heterocycles. The van der Waals surface area contributed by atoms with Crippen molar-refractivity contribution >= 4 is 5.69 Å². The van der Waals surface area contributed by atoms with Crippen LogP contribution in [0.5, 0.6) is 11.5 Å². The Morgan fingerprint density at radius 2 is 1.58 bits per heavy atom. The molecule has 0 saturated heterocycles. The van der Waals surface area contributed by atoms with Crippen LogP contribution in [0.25, 0.3) is 0 Å². The Balaban J connectivity index is 1.98. The van der Waals surface area contributed by atoms with Crippen LogP contribution in [0.15, 0.2) is 54.6 Å². The van der Waals surface area contributed by atoms with Crippen LogP contribution in [0.4, 0.5) is 5.69 Å². The van der Waals surface area contributed by atoms with Crippen LogP contribution in [-0.4, -0.2) is 27.2 Å². The first kappa shape index (κ1) is 13.4. The average molecular weight is 256 g/mol. The van der Waals surface area contributed by atoms with Crippen molar-refractivity contribution in [2.24, 2.45) is 0 Å². The van der Waals surface area contributed by atoms with E-state index in [0.29, 0.717) is 0 Å². The van der Waals surface area contributed by atoms with Crippen molar-refractivity contribution in [2.45, 2.75) is 0 Å². The highest BCUT2D eigenvalue weighted by molar-refractivity contribution is 5.49. The molecule has 0 radical (unpaired) electrons. The zero-order chi connectivity index (χ0) is 13.5. The fourth-order valence-electron chi connectivity index (χ4n) is 1.80. The van der Waals surface area contributed by atoms with Crippen LogP contribution in [0.3, 0.4) is 0 Å². The number of anilines is 1. The molecule has 0 bridgehead atoms. The van der Waals surface area contributed by atoms with Crippen molar-refractivity contribution in [3.8, 4) is 11.5 Å². The van der Waals surface area contributed by atoms with Gasteiger partial charge in [-0.25, -0.2) is 0 Å². The number of hydrogen-bond acceptors (Lipinski definition) is 3. The van der Waals surface area contributed by atoms with Crippen molar-refractivity contribution in [1.29, 1.82) is 0 Å². The average Bonchev–Trinajstić information content (AvgIpc) is 2.46. The van der Waals surface area contributed by atoms with Gasteiger partial charge in [-0.3, -0.25) is 0 Å². The minimum atomic E-state index is 0.858. The van der Waals surface area contributed by atoms with E-state index in [9.17, 15) is 0 Å². The Labute approximate surface area is 114 Å². The third-order valence-corrected chi connectivity index (χ3v) is 2.95. The summed E-state index contributed by atoms with van der Waals surface area (Å²) in [5.74, 6) is 1.72. The van der Waals surface area contributed by atoms with Gasteiger partial charge in [0.15, 0.2) is 0 Å². The Kier molecular flexibility index (Phi) is 4.81. The third kappa shape index (κ3) is 4.00. The van der Waals surface area contributed by atoms with E-state index < -0.39 is 0 Å². The van der Waals surface area contributed by atoms with Crippen LogP contribution in [-0.2, 0) is 0 Å². The standard InChI is InChI=1S/C16H20N2O/c1-17-12-13-18(2)14-8-10-16(11-9-14)19-15-6-4-3-5-7-15/h3-11,17H,12-13H2,1-2H3. The van der Waals surface area contributed by atoms with Crippen LogP contribution in [0.2, 0.25) is 0 Å². The van der Waals surface area contributed by atoms with Crippen molar-refractivity contribution < 1.29 is 4.74 Å². The van der Waals surface area contributed by atoms with Crippen LogP contribution in [0, 0.1) is 0 Å². The molecule has 0 atom stereocenters. The predicted molar refractivity (Wildman–Crippen MR) is 80.2 cm³/mol. The van der Waals surface area contributed by atoms with Gasteiger partial charge < -0.3 is 15.0 Å². The molecule has 3 heteroatoms. The molecule has 0 heterocycles. The first-order valence-corrected chi connectivity index (χ1v) is 6.48. The van der Waals surface area contributed by atoms with Gasteiger partial charge in [0.05, 0.1) is 0 Å². The molecule has 0 amide bonds. The fourth-order valence-corrected chi connectivity index (χ4v) is 1.80. The van der Waals surface area contributed by atoms with Gasteiger partial charge in [0.1, 0.15) is 11.5 Å². The summed E-state index contributed by atoms with van der Waals surface area (Å²) < 4.78 is 5.76. The van der Waals surface area contributed by atoms with Crippen molar-refractivity contribution in [1.82, 2.24) is 5.32 Å². The fraction of sp³-hybridized carbons (Fsp3) is 0.250. The molecule has 0 saturated carbocycles. The highest BCUT2D eigenvalue weighted by atomic mass is 16.5. The topological polar surface area (TPSA) is 24.5 Å². The molecule has 0 spiro atoms. The maximum absolute atomic E-state index is 5.76. The number of nitrogens with zero attached hydrogens (tertiary/aromatic N) is 1. The second-order valence-corrected chi connectivity index (χ2v) is 4.43. The van der Waals surface area contributed by atoms with Crippen LogP contribution < -0.4 is 15.0 Å². The molecule has 0 aromatic heterocycles. The lowest BCUT2D eigenvalue weighted by atomic mass is 10.2. The van der Waals surface area contributed by atoms with Gasteiger partial charge in [-0.2, -0.15) is 0 Å². The van der Waals surface area contributed by atoms with Crippen molar-refractivity contribution in [2.75, 3.05) is 32.1 Å². The Hall–Kier alpha value is -2.00. The van der Waals surface area contributed by atoms with Crippen LogP contribution in [0.1, 0.15) is 0 Å². The van der Waals surface area contributed by atoms with Gasteiger partial charge in [-0.05, 0) is 43.4 Å². The lowest BCUT2D eigenvalue weighted by Gasteiger charge is -2.19. The molecule has 19 heavy (non-hydrogen) atoms. The monoisotopic (exact) mass is 256 g/mol. The second-order valence-electron chi connectivity index (χ2n) is 4.43. The third-order valence-electron chi connectivity index (χ3n) is 2.95. The van der Waals surface area contributed by atoms with E-state index in [-0.39, 0.29) is 0 Å². The number of rotatable bonds is 6. The van der Waals surface area contributed by atoms with Crippen molar-refractivity contribution in [3.63, 3.8) is 0 Å². The first-order chi connectivity index (χ1) is 9.29. The van der Waals surface area contributed by atoms with Gasteiger partial charge in [0, 0.05) is 25.8 Å². The molecule has 0 fully saturated rings. The lowest BCUT2D eigenvalue weighted by molar-refractivity contribution is 0.482. The first-order valence-electron chi connectivity index (χ1n) is 6.48. The van der Waals surface area contributed by atoms with Gasteiger partial charge in [0.2, 0.25) is 0 Å². The van der Waals surface area contributed by atoms with Gasteiger partial charge in [0.25, 0.3) is 0 Å². The molecule has 0 aliphatic rings. The summed E-state index contributed by atoms with van der Waals surface area (Å²) in [6, 6.07) is 18.0. The van der Waals surface area contributed by atoms with E-state index in [1.807, 2.05) is 49.5 Å². The smallest absolute Gasteiger partial charge is 0.127 e. The molecule has 0 unspecified atom stereocenters. The SMILES string of the molecule is CNCCN(C)c1ccc(Oc2ccccc2)cc1. The highest BCUT2D eigenvalue weighted by Gasteiger charge is 2.01. The zero-order valence-corrected chi connectivity index (χ0v) is 11.5. The summed E-state index contributed by atoms with van der Waals surface area (Å²) >= 11 is 0. The second kappa shape index (κ2) is 6.81. The molecule has 0 aliphatic carbocycles. The largest absolute Gasteiger partial charge is 0.457 e. The molecular formula is C16H20N2O. The summed E-state index contributed by atoms with van der Waals surface area (Å²) in [6.07, 6.45) is 0. The lowest BCUT2D eigenvalue weighted by Crippen LogP contribution is -2.26. The van der Waals surface area contributed by atoms with E-state index >= 15 is 0 Å². The van der Waals surface area contributed by atoms with Crippen molar-refractivity contribution in [3.05, 3.63) is 54.6 Å². The van der Waals surface area contributed by atoms with Gasteiger partial charge in [-0.15, -0.1) is 0 Å².